The fourth-order valence-electron chi connectivity index (χ4n) is 4.15. The molecule has 0 aliphatic heterocycles. The molecule has 1 aliphatic carbocycles. The second-order valence-corrected chi connectivity index (χ2v) is 8.15. The van der Waals surface area contributed by atoms with Crippen LogP contribution in [0, 0.1) is 11.3 Å². The predicted molar refractivity (Wildman–Crippen MR) is 100 cm³/mol. The smallest absolute Gasteiger partial charge is 0.0676 e. The van der Waals surface area contributed by atoms with Crippen molar-refractivity contribution in [2.45, 2.75) is 96.9 Å². The number of unbranched alkanes of at least 4 members (excludes halogenated alkanes) is 5. The van der Waals surface area contributed by atoms with Gasteiger partial charge in [0.25, 0.3) is 0 Å². The standard InChI is InChI=1S/C20H41NO3/c1-5-6-7-8-9-10-13-24-18-11-12-20(2,3)19(23-4)17(18)14-16(22)15-21/h16-19,22H,5-15,21H2,1-4H3/t16-,17-,18-,19?/m1/s1. The van der Waals surface area contributed by atoms with Gasteiger partial charge in [0.1, 0.15) is 0 Å². The Balaban J connectivity index is 2.50. The van der Waals surface area contributed by atoms with Gasteiger partial charge in [-0.1, -0.05) is 52.9 Å². The van der Waals surface area contributed by atoms with Gasteiger partial charge in [-0.3, -0.25) is 0 Å². The minimum Gasteiger partial charge on any atom is -0.392 e. The molecule has 1 fully saturated rings. The topological polar surface area (TPSA) is 64.7 Å². The maximum absolute atomic E-state index is 10.1. The molecule has 144 valence electrons. The lowest BCUT2D eigenvalue weighted by molar-refractivity contribution is -0.140. The van der Waals surface area contributed by atoms with E-state index in [0.29, 0.717) is 13.0 Å². The summed E-state index contributed by atoms with van der Waals surface area (Å²) >= 11 is 0. The van der Waals surface area contributed by atoms with Gasteiger partial charge in [0.05, 0.1) is 18.3 Å². The molecule has 0 amide bonds. The molecule has 4 nitrogen and oxygen atoms in total. The molecular formula is C20H41NO3. The van der Waals surface area contributed by atoms with Crippen LogP contribution in [0.15, 0.2) is 0 Å². The number of nitrogens with two attached hydrogens (primary N) is 1. The molecule has 0 bridgehead atoms. The maximum atomic E-state index is 10.1. The number of aliphatic hydroxyl groups excluding tert-OH is 1. The van der Waals surface area contributed by atoms with E-state index >= 15 is 0 Å². The van der Waals surface area contributed by atoms with Crippen LogP contribution in [0.2, 0.25) is 0 Å². The molecule has 0 radical (unpaired) electrons. The first-order valence-electron chi connectivity index (χ1n) is 9.98. The number of hydrogen-bond acceptors (Lipinski definition) is 4. The first kappa shape index (κ1) is 21.9. The molecule has 1 rings (SSSR count). The zero-order valence-electron chi connectivity index (χ0n) is 16.4. The molecule has 0 aromatic carbocycles. The largest absolute Gasteiger partial charge is 0.392 e. The third kappa shape index (κ3) is 6.99. The van der Waals surface area contributed by atoms with Crippen LogP contribution in [0.3, 0.4) is 0 Å². The molecule has 1 aliphatic rings. The van der Waals surface area contributed by atoms with Crippen LogP contribution in [0.25, 0.3) is 0 Å². The third-order valence-corrected chi connectivity index (χ3v) is 5.61. The molecule has 1 unspecified atom stereocenters. The van der Waals surface area contributed by atoms with Crippen molar-refractivity contribution in [3.8, 4) is 0 Å². The average Bonchev–Trinajstić information content (AvgIpc) is 2.55. The van der Waals surface area contributed by atoms with Crippen molar-refractivity contribution in [1.82, 2.24) is 0 Å². The SMILES string of the molecule is CCCCCCCCO[C@@H]1CCC(C)(C)C(OC)[C@@H]1C[C@@H](O)CN. The fourth-order valence-corrected chi connectivity index (χ4v) is 4.15. The highest BCUT2D eigenvalue weighted by atomic mass is 16.5. The van der Waals surface area contributed by atoms with Crippen molar-refractivity contribution in [2.24, 2.45) is 17.1 Å². The summed E-state index contributed by atoms with van der Waals surface area (Å²) in [6.07, 6.45) is 10.3. The summed E-state index contributed by atoms with van der Waals surface area (Å²) in [6.45, 7) is 7.88. The molecule has 3 N–H and O–H groups in total. The molecule has 24 heavy (non-hydrogen) atoms. The van der Waals surface area contributed by atoms with Crippen LogP contribution in [-0.4, -0.2) is 43.7 Å². The lowest BCUT2D eigenvalue weighted by Gasteiger charge is -2.47. The fraction of sp³-hybridized carbons (Fsp3) is 1.00. The highest BCUT2D eigenvalue weighted by Gasteiger charge is 2.45. The van der Waals surface area contributed by atoms with Gasteiger partial charge in [-0.15, -0.1) is 0 Å². The summed E-state index contributed by atoms with van der Waals surface area (Å²) in [7, 11) is 1.78. The number of aliphatic hydroxyl groups is 1. The Morgan fingerprint density at radius 2 is 1.83 bits per heavy atom. The average molecular weight is 344 g/mol. The Labute approximate surface area is 149 Å². The Kier molecular flexibility index (Phi) is 10.4. The van der Waals surface area contributed by atoms with Gasteiger partial charge in [0.2, 0.25) is 0 Å². The lowest BCUT2D eigenvalue weighted by atomic mass is 9.66. The van der Waals surface area contributed by atoms with Gasteiger partial charge in [-0.25, -0.2) is 0 Å². The number of rotatable bonds is 12. The summed E-state index contributed by atoms with van der Waals surface area (Å²) < 4.78 is 12.1. The summed E-state index contributed by atoms with van der Waals surface area (Å²) in [6, 6.07) is 0. The van der Waals surface area contributed by atoms with Crippen molar-refractivity contribution in [3.05, 3.63) is 0 Å². The lowest BCUT2D eigenvalue weighted by Crippen LogP contribution is -2.50. The summed E-state index contributed by atoms with van der Waals surface area (Å²) in [5, 5.41) is 10.1. The molecule has 0 spiro atoms. The van der Waals surface area contributed by atoms with Crippen molar-refractivity contribution in [3.63, 3.8) is 0 Å². The Bertz CT molecular complexity index is 322. The highest BCUT2D eigenvalue weighted by molar-refractivity contribution is 4.95. The third-order valence-electron chi connectivity index (χ3n) is 5.61. The van der Waals surface area contributed by atoms with Gasteiger partial charge < -0.3 is 20.3 Å². The minimum absolute atomic E-state index is 0.113. The van der Waals surface area contributed by atoms with Crippen LogP contribution in [0.5, 0.6) is 0 Å². The van der Waals surface area contributed by atoms with Crippen LogP contribution in [0.4, 0.5) is 0 Å². The van der Waals surface area contributed by atoms with E-state index in [0.717, 1.165) is 25.9 Å². The van der Waals surface area contributed by atoms with Gasteiger partial charge in [0.15, 0.2) is 0 Å². The predicted octanol–water partition coefficient (Wildman–Crippen LogP) is 3.89. The second-order valence-electron chi connectivity index (χ2n) is 8.15. The molecule has 0 heterocycles. The van der Waals surface area contributed by atoms with Crippen LogP contribution in [-0.2, 0) is 9.47 Å². The minimum atomic E-state index is -0.471. The van der Waals surface area contributed by atoms with Gasteiger partial charge in [-0.2, -0.15) is 0 Å². The number of ether oxygens (including phenoxy) is 2. The Morgan fingerprint density at radius 3 is 2.46 bits per heavy atom. The molecule has 0 aromatic rings. The van der Waals surface area contributed by atoms with Crippen LogP contribution >= 0.6 is 0 Å². The molecular weight excluding hydrogens is 302 g/mol. The van der Waals surface area contributed by atoms with E-state index in [1.165, 1.54) is 32.1 Å². The van der Waals surface area contributed by atoms with Crippen molar-refractivity contribution >= 4 is 0 Å². The van der Waals surface area contributed by atoms with Crippen molar-refractivity contribution < 1.29 is 14.6 Å². The van der Waals surface area contributed by atoms with E-state index in [1.807, 2.05) is 0 Å². The number of hydrogen-bond donors (Lipinski definition) is 2. The quantitative estimate of drug-likeness (QED) is 0.528. The van der Waals surface area contributed by atoms with E-state index < -0.39 is 6.10 Å². The van der Waals surface area contributed by atoms with Crippen molar-refractivity contribution in [2.75, 3.05) is 20.3 Å². The Hall–Kier alpha value is -0.160. The maximum Gasteiger partial charge on any atom is 0.0676 e. The molecule has 4 heteroatoms. The van der Waals surface area contributed by atoms with E-state index in [4.69, 9.17) is 15.2 Å². The Morgan fingerprint density at radius 1 is 1.17 bits per heavy atom. The van der Waals surface area contributed by atoms with Gasteiger partial charge in [-0.05, 0) is 31.1 Å². The zero-order valence-corrected chi connectivity index (χ0v) is 16.4. The zero-order chi connectivity index (χ0) is 18.0. The summed E-state index contributed by atoms with van der Waals surface area (Å²) in [5.74, 6) is 0.220. The van der Waals surface area contributed by atoms with Gasteiger partial charge >= 0.3 is 0 Å². The first-order chi connectivity index (χ1) is 11.5. The normalized spacial score (nSPS) is 28.0. The molecule has 4 atom stereocenters. The van der Waals surface area contributed by atoms with Crippen LogP contribution in [0.1, 0.15) is 78.6 Å². The molecule has 0 saturated heterocycles. The van der Waals surface area contributed by atoms with Crippen LogP contribution < -0.4 is 5.73 Å². The second kappa shape index (κ2) is 11.5. The molecule has 0 aromatic heterocycles. The van der Waals surface area contributed by atoms with Crippen molar-refractivity contribution in [1.29, 1.82) is 0 Å². The first-order valence-corrected chi connectivity index (χ1v) is 9.98. The van der Waals surface area contributed by atoms with E-state index in [9.17, 15) is 5.11 Å². The molecule has 1 saturated carbocycles. The van der Waals surface area contributed by atoms with E-state index in [2.05, 4.69) is 20.8 Å². The van der Waals surface area contributed by atoms with E-state index in [-0.39, 0.29) is 23.5 Å². The summed E-state index contributed by atoms with van der Waals surface area (Å²) in [4.78, 5) is 0. The van der Waals surface area contributed by atoms with E-state index in [1.54, 1.807) is 7.11 Å². The monoisotopic (exact) mass is 343 g/mol. The summed E-state index contributed by atoms with van der Waals surface area (Å²) in [5.41, 5.74) is 5.76. The number of methoxy groups -OCH3 is 1. The van der Waals surface area contributed by atoms with Gasteiger partial charge in [0, 0.05) is 26.2 Å². The highest BCUT2D eigenvalue weighted by Crippen LogP contribution is 2.43.